The van der Waals surface area contributed by atoms with Crippen LogP contribution in [0.5, 0.6) is 0 Å². The molecule has 1 aromatic heterocycles. The van der Waals surface area contributed by atoms with Crippen LogP contribution in [-0.2, 0) is 0 Å². The standard InChI is InChI=1S/C8H13N5O/c14-8(7-9-6-10-11-7)12-13-4-2-1-3-5-13/h6H,1-5H2,(H,12,14)(H,9,10,11). The van der Waals surface area contributed by atoms with Crippen molar-refractivity contribution in [1.82, 2.24) is 25.6 Å². The van der Waals surface area contributed by atoms with Gasteiger partial charge in [-0.05, 0) is 12.8 Å². The van der Waals surface area contributed by atoms with E-state index in [0.29, 0.717) is 0 Å². The van der Waals surface area contributed by atoms with Crippen LogP contribution in [0.2, 0.25) is 0 Å². The second-order valence-electron chi connectivity index (χ2n) is 3.32. The Kier molecular flexibility index (Phi) is 2.73. The molecule has 6 heteroatoms. The highest BCUT2D eigenvalue weighted by molar-refractivity contribution is 5.89. The molecule has 14 heavy (non-hydrogen) atoms. The number of piperidine rings is 1. The minimum Gasteiger partial charge on any atom is -0.282 e. The maximum atomic E-state index is 11.5. The van der Waals surface area contributed by atoms with Crippen LogP contribution < -0.4 is 5.43 Å². The maximum Gasteiger partial charge on any atom is 0.302 e. The number of aromatic nitrogens is 3. The summed E-state index contributed by atoms with van der Waals surface area (Å²) in [4.78, 5) is 15.3. The number of hydrogen-bond acceptors (Lipinski definition) is 4. The molecule has 2 heterocycles. The van der Waals surface area contributed by atoms with E-state index in [1.54, 1.807) is 0 Å². The van der Waals surface area contributed by atoms with E-state index in [1.807, 2.05) is 5.01 Å². The second kappa shape index (κ2) is 4.19. The molecule has 2 N–H and O–H groups in total. The summed E-state index contributed by atoms with van der Waals surface area (Å²) in [6.07, 6.45) is 4.84. The molecule has 0 saturated carbocycles. The van der Waals surface area contributed by atoms with E-state index in [9.17, 15) is 4.79 Å². The van der Waals surface area contributed by atoms with Gasteiger partial charge in [0.15, 0.2) is 0 Å². The number of nitrogens with one attached hydrogen (secondary N) is 2. The minimum atomic E-state index is -0.218. The fourth-order valence-corrected chi connectivity index (χ4v) is 1.52. The molecule has 1 fully saturated rings. The van der Waals surface area contributed by atoms with Gasteiger partial charge in [0.2, 0.25) is 5.82 Å². The minimum absolute atomic E-state index is 0.218. The maximum absolute atomic E-state index is 11.5. The van der Waals surface area contributed by atoms with Crippen LogP contribution in [0, 0.1) is 0 Å². The number of nitrogens with zero attached hydrogens (tertiary/aromatic N) is 3. The first-order valence-corrected chi connectivity index (χ1v) is 4.77. The second-order valence-corrected chi connectivity index (χ2v) is 3.32. The molecule has 1 saturated heterocycles. The third kappa shape index (κ3) is 2.08. The fourth-order valence-electron chi connectivity index (χ4n) is 1.52. The van der Waals surface area contributed by atoms with E-state index in [1.165, 1.54) is 12.7 Å². The monoisotopic (exact) mass is 195 g/mol. The molecule has 1 amide bonds. The molecule has 6 nitrogen and oxygen atoms in total. The Bertz CT molecular complexity index is 291. The summed E-state index contributed by atoms with van der Waals surface area (Å²) in [7, 11) is 0. The molecule has 1 aromatic rings. The van der Waals surface area contributed by atoms with Crippen molar-refractivity contribution >= 4 is 5.91 Å². The molecule has 0 atom stereocenters. The lowest BCUT2D eigenvalue weighted by Crippen LogP contribution is -2.45. The predicted octanol–water partition coefficient (Wildman–Crippen LogP) is -0.0646. The van der Waals surface area contributed by atoms with Gasteiger partial charge in [0.25, 0.3) is 0 Å². The molecular formula is C8H13N5O. The highest BCUT2D eigenvalue weighted by Crippen LogP contribution is 2.05. The molecule has 0 aromatic carbocycles. The average Bonchev–Trinajstić information content (AvgIpc) is 2.72. The summed E-state index contributed by atoms with van der Waals surface area (Å²) in [6, 6.07) is 0. The van der Waals surface area contributed by atoms with Gasteiger partial charge in [-0.15, -0.1) is 0 Å². The lowest BCUT2D eigenvalue weighted by molar-refractivity contribution is 0.0739. The van der Waals surface area contributed by atoms with E-state index < -0.39 is 0 Å². The molecule has 1 aliphatic rings. The lowest BCUT2D eigenvalue weighted by atomic mass is 10.2. The first-order valence-electron chi connectivity index (χ1n) is 4.77. The number of carbonyl (C=O) groups excluding carboxylic acids is 1. The summed E-state index contributed by atoms with van der Waals surface area (Å²) < 4.78 is 0. The largest absolute Gasteiger partial charge is 0.302 e. The van der Waals surface area contributed by atoms with Gasteiger partial charge in [-0.1, -0.05) is 6.42 Å². The zero-order chi connectivity index (χ0) is 9.80. The van der Waals surface area contributed by atoms with Crippen molar-refractivity contribution in [2.45, 2.75) is 19.3 Å². The first-order chi connectivity index (χ1) is 6.86. The summed E-state index contributed by atoms with van der Waals surface area (Å²) in [6.45, 7) is 1.83. The van der Waals surface area contributed by atoms with E-state index in [0.717, 1.165) is 25.9 Å². The van der Waals surface area contributed by atoms with Crippen LogP contribution in [0.15, 0.2) is 6.33 Å². The van der Waals surface area contributed by atoms with Gasteiger partial charge in [-0.25, -0.2) is 9.99 Å². The van der Waals surface area contributed by atoms with Gasteiger partial charge in [-0.3, -0.25) is 15.3 Å². The van der Waals surface area contributed by atoms with E-state index in [2.05, 4.69) is 20.6 Å². The zero-order valence-corrected chi connectivity index (χ0v) is 7.86. The third-order valence-corrected chi connectivity index (χ3v) is 2.25. The zero-order valence-electron chi connectivity index (χ0n) is 7.86. The number of carbonyl (C=O) groups is 1. The Hall–Kier alpha value is -1.43. The first kappa shape index (κ1) is 9.14. The van der Waals surface area contributed by atoms with Crippen molar-refractivity contribution in [3.63, 3.8) is 0 Å². The fraction of sp³-hybridized carbons (Fsp3) is 0.625. The van der Waals surface area contributed by atoms with Crippen molar-refractivity contribution in [1.29, 1.82) is 0 Å². The molecule has 0 aliphatic carbocycles. The summed E-state index contributed by atoms with van der Waals surface area (Å²) in [5, 5.41) is 8.07. The van der Waals surface area contributed by atoms with Crippen LogP contribution in [-0.4, -0.2) is 39.2 Å². The number of aromatic amines is 1. The van der Waals surface area contributed by atoms with Crippen LogP contribution in [0.25, 0.3) is 0 Å². The highest BCUT2D eigenvalue weighted by Gasteiger charge is 2.15. The Morgan fingerprint density at radius 2 is 2.21 bits per heavy atom. The molecule has 0 radical (unpaired) electrons. The van der Waals surface area contributed by atoms with Crippen molar-refractivity contribution < 1.29 is 4.79 Å². The molecule has 76 valence electrons. The molecule has 1 aliphatic heterocycles. The Labute approximate surface area is 81.7 Å². The van der Waals surface area contributed by atoms with Gasteiger partial charge in [-0.2, -0.15) is 5.10 Å². The van der Waals surface area contributed by atoms with Gasteiger partial charge in [0.05, 0.1) is 0 Å². The van der Waals surface area contributed by atoms with Crippen LogP contribution >= 0.6 is 0 Å². The highest BCUT2D eigenvalue weighted by atomic mass is 16.2. The van der Waals surface area contributed by atoms with Crippen LogP contribution in [0.4, 0.5) is 0 Å². The van der Waals surface area contributed by atoms with Crippen molar-refractivity contribution in [2.75, 3.05) is 13.1 Å². The molecule has 0 spiro atoms. The quantitative estimate of drug-likeness (QED) is 0.693. The summed E-state index contributed by atoms with van der Waals surface area (Å²) >= 11 is 0. The van der Waals surface area contributed by atoms with Crippen LogP contribution in [0.1, 0.15) is 29.9 Å². The van der Waals surface area contributed by atoms with Crippen molar-refractivity contribution in [3.8, 4) is 0 Å². The molecule has 0 unspecified atom stereocenters. The topological polar surface area (TPSA) is 73.9 Å². The van der Waals surface area contributed by atoms with Gasteiger partial charge >= 0.3 is 5.91 Å². The summed E-state index contributed by atoms with van der Waals surface area (Å²) in [5.74, 6) is 0.0416. The lowest BCUT2D eigenvalue weighted by Gasteiger charge is -2.26. The van der Waals surface area contributed by atoms with Crippen molar-refractivity contribution in [2.24, 2.45) is 0 Å². The molecule has 0 bridgehead atoms. The van der Waals surface area contributed by atoms with E-state index in [4.69, 9.17) is 0 Å². The van der Waals surface area contributed by atoms with E-state index >= 15 is 0 Å². The smallest absolute Gasteiger partial charge is 0.282 e. The number of amides is 1. The Morgan fingerprint density at radius 1 is 1.43 bits per heavy atom. The molecule has 2 rings (SSSR count). The predicted molar refractivity (Wildman–Crippen MR) is 49.3 cm³/mol. The summed E-state index contributed by atoms with van der Waals surface area (Å²) in [5.41, 5.74) is 2.78. The Morgan fingerprint density at radius 3 is 2.86 bits per heavy atom. The number of hydrogen-bond donors (Lipinski definition) is 2. The number of H-pyrrole nitrogens is 1. The third-order valence-electron chi connectivity index (χ3n) is 2.25. The average molecular weight is 195 g/mol. The SMILES string of the molecule is O=C(NN1CCCCC1)c1ncn[nH]1. The number of rotatable bonds is 2. The van der Waals surface area contributed by atoms with Crippen molar-refractivity contribution in [3.05, 3.63) is 12.2 Å². The van der Waals surface area contributed by atoms with E-state index in [-0.39, 0.29) is 11.7 Å². The van der Waals surface area contributed by atoms with Gasteiger partial charge < -0.3 is 0 Å². The molecular weight excluding hydrogens is 182 g/mol. The van der Waals surface area contributed by atoms with Gasteiger partial charge in [0, 0.05) is 13.1 Å². The Balaban J connectivity index is 1.87. The van der Waals surface area contributed by atoms with Gasteiger partial charge in [0.1, 0.15) is 6.33 Å². The van der Waals surface area contributed by atoms with Crippen LogP contribution in [0.3, 0.4) is 0 Å². The normalized spacial score (nSPS) is 18.0. The number of hydrazine groups is 1.